The van der Waals surface area contributed by atoms with Crippen molar-refractivity contribution in [3.8, 4) is 0 Å². The highest BCUT2D eigenvalue weighted by molar-refractivity contribution is 5.48. The first kappa shape index (κ1) is 11.0. The molecule has 2 fully saturated rings. The molecule has 1 nitrogen and oxygen atoms in total. The van der Waals surface area contributed by atoms with Crippen molar-refractivity contribution < 1.29 is 0 Å². The fraction of sp³-hybridized carbons (Fsp3) is 0.500. The fourth-order valence-electron chi connectivity index (χ4n) is 3.60. The molecule has 0 unspecified atom stereocenters. The van der Waals surface area contributed by atoms with Crippen LogP contribution in [0.5, 0.6) is 0 Å². The minimum Gasteiger partial charge on any atom is -0.311 e. The number of rotatable bonds is 3. The Balaban J connectivity index is 1.66. The molecule has 1 aliphatic heterocycles. The normalized spacial score (nSPS) is 32.1. The van der Waals surface area contributed by atoms with E-state index in [1.807, 2.05) is 0 Å². The number of fused-ring (bicyclic) bond motifs is 1. The van der Waals surface area contributed by atoms with Gasteiger partial charge in [-0.15, -0.1) is 0 Å². The molecule has 0 radical (unpaired) electrons. The van der Waals surface area contributed by atoms with Crippen LogP contribution in [0.1, 0.15) is 37.7 Å². The van der Waals surface area contributed by atoms with E-state index in [0.717, 1.165) is 5.92 Å². The lowest BCUT2D eigenvalue weighted by molar-refractivity contribution is 0.325. The van der Waals surface area contributed by atoms with Crippen LogP contribution in [0.2, 0.25) is 0 Å². The maximum atomic E-state index is 3.77. The van der Waals surface area contributed by atoms with Crippen molar-refractivity contribution in [3.05, 3.63) is 42.0 Å². The first-order valence-corrected chi connectivity index (χ1v) is 6.86. The summed E-state index contributed by atoms with van der Waals surface area (Å²) >= 11 is 0. The van der Waals surface area contributed by atoms with Gasteiger partial charge in [-0.05, 0) is 43.7 Å². The quantitative estimate of drug-likeness (QED) is 0.831. The molecular weight excluding hydrogens is 206 g/mol. The molecule has 0 spiro atoms. The molecule has 0 amide bonds. The molecule has 1 heterocycles. The Morgan fingerprint density at radius 1 is 1.24 bits per heavy atom. The van der Waals surface area contributed by atoms with Gasteiger partial charge in [0.1, 0.15) is 0 Å². The van der Waals surface area contributed by atoms with Gasteiger partial charge in [-0.25, -0.2) is 0 Å². The zero-order valence-electron chi connectivity index (χ0n) is 10.4. The summed E-state index contributed by atoms with van der Waals surface area (Å²) in [5.41, 5.74) is 1.77. The van der Waals surface area contributed by atoms with Crippen molar-refractivity contribution in [2.24, 2.45) is 5.92 Å². The molecule has 0 aromatic heterocycles. The molecule has 1 aromatic carbocycles. The molecule has 2 atom stereocenters. The molecule has 1 saturated carbocycles. The van der Waals surface area contributed by atoms with Crippen LogP contribution >= 0.6 is 0 Å². The van der Waals surface area contributed by atoms with E-state index >= 15 is 0 Å². The van der Waals surface area contributed by atoms with Gasteiger partial charge in [0.2, 0.25) is 0 Å². The summed E-state index contributed by atoms with van der Waals surface area (Å²) < 4.78 is 0. The zero-order valence-corrected chi connectivity index (χ0v) is 10.4. The summed E-state index contributed by atoms with van der Waals surface area (Å²) in [5, 5.41) is 3.77. The third-order valence-electron chi connectivity index (χ3n) is 4.52. The molecule has 1 saturated heterocycles. The van der Waals surface area contributed by atoms with Crippen molar-refractivity contribution in [1.82, 2.24) is 5.32 Å². The third kappa shape index (κ3) is 2.16. The SMILES string of the molecule is C(=C\c1ccccc1)/C[C@]12CCC[C@H]1CCN2. The second-order valence-electron chi connectivity index (χ2n) is 5.48. The molecule has 2 aliphatic rings. The second-order valence-corrected chi connectivity index (χ2v) is 5.48. The van der Waals surface area contributed by atoms with Crippen molar-refractivity contribution in [3.63, 3.8) is 0 Å². The van der Waals surface area contributed by atoms with E-state index in [1.165, 1.54) is 44.2 Å². The molecule has 17 heavy (non-hydrogen) atoms. The van der Waals surface area contributed by atoms with E-state index in [9.17, 15) is 0 Å². The summed E-state index contributed by atoms with van der Waals surface area (Å²) in [7, 11) is 0. The molecule has 1 N–H and O–H groups in total. The highest BCUT2D eigenvalue weighted by Crippen LogP contribution is 2.43. The van der Waals surface area contributed by atoms with Gasteiger partial charge in [0.15, 0.2) is 0 Å². The number of benzene rings is 1. The predicted octanol–water partition coefficient (Wildman–Crippen LogP) is 3.62. The average molecular weight is 227 g/mol. The van der Waals surface area contributed by atoms with Gasteiger partial charge in [-0.1, -0.05) is 48.9 Å². The van der Waals surface area contributed by atoms with Gasteiger partial charge in [0.05, 0.1) is 0 Å². The van der Waals surface area contributed by atoms with E-state index in [2.05, 4.69) is 47.8 Å². The monoisotopic (exact) mass is 227 g/mol. The number of hydrogen-bond acceptors (Lipinski definition) is 1. The average Bonchev–Trinajstić information content (AvgIpc) is 2.89. The van der Waals surface area contributed by atoms with Crippen LogP contribution in [0.15, 0.2) is 36.4 Å². The number of hydrogen-bond donors (Lipinski definition) is 1. The molecule has 1 aromatic rings. The summed E-state index contributed by atoms with van der Waals surface area (Å²) in [4.78, 5) is 0. The Hall–Kier alpha value is -1.08. The Morgan fingerprint density at radius 3 is 3.00 bits per heavy atom. The second kappa shape index (κ2) is 4.66. The van der Waals surface area contributed by atoms with Crippen LogP contribution in [-0.2, 0) is 0 Å². The first-order valence-electron chi connectivity index (χ1n) is 6.86. The van der Waals surface area contributed by atoms with Crippen molar-refractivity contribution in [1.29, 1.82) is 0 Å². The van der Waals surface area contributed by atoms with Crippen molar-refractivity contribution >= 4 is 6.08 Å². The van der Waals surface area contributed by atoms with Crippen molar-refractivity contribution in [2.45, 2.75) is 37.6 Å². The minimum atomic E-state index is 0.450. The van der Waals surface area contributed by atoms with E-state index < -0.39 is 0 Å². The van der Waals surface area contributed by atoms with E-state index in [1.54, 1.807) is 0 Å². The Labute approximate surface area is 104 Å². The van der Waals surface area contributed by atoms with Gasteiger partial charge in [0, 0.05) is 5.54 Å². The molecule has 1 aliphatic carbocycles. The Morgan fingerprint density at radius 2 is 2.12 bits per heavy atom. The highest BCUT2D eigenvalue weighted by atomic mass is 15.0. The zero-order chi connectivity index (χ0) is 11.6. The summed E-state index contributed by atoms with van der Waals surface area (Å²) in [6, 6.07) is 10.6. The molecule has 90 valence electrons. The van der Waals surface area contributed by atoms with Gasteiger partial charge in [-0.3, -0.25) is 0 Å². The Bertz CT molecular complexity index is 383. The highest BCUT2D eigenvalue weighted by Gasteiger charge is 2.44. The van der Waals surface area contributed by atoms with Crippen LogP contribution in [0.4, 0.5) is 0 Å². The first-order chi connectivity index (χ1) is 8.39. The van der Waals surface area contributed by atoms with Crippen molar-refractivity contribution in [2.75, 3.05) is 6.54 Å². The maximum absolute atomic E-state index is 3.77. The lowest BCUT2D eigenvalue weighted by Crippen LogP contribution is -2.40. The standard InChI is InChI=1S/C16H21N/c1-2-6-14(7-3-1)8-4-11-16-12-5-9-15(16)10-13-17-16/h1-4,6-8,15,17H,5,9-13H2/b8-4+/t15-,16-/m0/s1. The predicted molar refractivity (Wildman–Crippen MR) is 72.8 cm³/mol. The molecule has 1 heteroatoms. The molecule has 3 rings (SSSR count). The molecule has 0 bridgehead atoms. The van der Waals surface area contributed by atoms with E-state index in [0.29, 0.717) is 5.54 Å². The van der Waals surface area contributed by atoms with E-state index in [-0.39, 0.29) is 0 Å². The summed E-state index contributed by atoms with van der Waals surface area (Å²) in [6.07, 6.45) is 11.4. The Kier molecular flexibility index (Phi) is 3.02. The van der Waals surface area contributed by atoms with Crippen LogP contribution in [0, 0.1) is 5.92 Å². The topological polar surface area (TPSA) is 12.0 Å². The maximum Gasteiger partial charge on any atom is 0.0244 e. The number of nitrogens with one attached hydrogen (secondary N) is 1. The summed E-state index contributed by atoms with van der Waals surface area (Å²) in [5.74, 6) is 0.933. The smallest absolute Gasteiger partial charge is 0.0244 e. The van der Waals surface area contributed by atoms with Crippen LogP contribution in [-0.4, -0.2) is 12.1 Å². The largest absolute Gasteiger partial charge is 0.311 e. The van der Waals surface area contributed by atoms with Crippen LogP contribution < -0.4 is 5.32 Å². The molecular formula is C16H21N. The van der Waals surface area contributed by atoms with Gasteiger partial charge in [-0.2, -0.15) is 0 Å². The van der Waals surface area contributed by atoms with Gasteiger partial charge < -0.3 is 5.32 Å². The van der Waals surface area contributed by atoms with E-state index in [4.69, 9.17) is 0 Å². The van der Waals surface area contributed by atoms with Crippen LogP contribution in [0.25, 0.3) is 6.08 Å². The van der Waals surface area contributed by atoms with Crippen LogP contribution in [0.3, 0.4) is 0 Å². The minimum absolute atomic E-state index is 0.450. The third-order valence-corrected chi connectivity index (χ3v) is 4.52. The summed E-state index contributed by atoms with van der Waals surface area (Å²) in [6.45, 7) is 1.23. The van der Waals surface area contributed by atoms with Gasteiger partial charge >= 0.3 is 0 Å². The van der Waals surface area contributed by atoms with Gasteiger partial charge in [0.25, 0.3) is 0 Å². The fourth-order valence-corrected chi connectivity index (χ4v) is 3.60. The lowest BCUT2D eigenvalue weighted by atomic mass is 9.85. The lowest BCUT2D eigenvalue weighted by Gasteiger charge is -2.28.